The minimum atomic E-state index is 0.113. The van der Waals surface area contributed by atoms with Crippen LogP contribution in [0, 0.1) is 0 Å². The third-order valence-corrected chi connectivity index (χ3v) is 5.42. The van der Waals surface area contributed by atoms with E-state index in [0.717, 1.165) is 39.5 Å². The molecule has 1 unspecified atom stereocenters. The molecule has 1 saturated heterocycles. The first-order valence-corrected chi connectivity index (χ1v) is 8.19. The molecular formula is C15H14BrNOS. The Morgan fingerprint density at radius 1 is 1.21 bits per heavy atom. The molecule has 1 N–H and O–H groups in total. The quantitative estimate of drug-likeness (QED) is 0.879. The summed E-state index contributed by atoms with van der Waals surface area (Å²) in [5.41, 5.74) is 0.899. The number of hydrogen-bond donors (Lipinski definition) is 1. The molecular weight excluding hydrogens is 322 g/mol. The molecule has 1 fully saturated rings. The van der Waals surface area contributed by atoms with E-state index in [0.29, 0.717) is 0 Å². The summed E-state index contributed by atoms with van der Waals surface area (Å²) in [5.74, 6) is 1.23. The van der Waals surface area contributed by atoms with Gasteiger partial charge in [0, 0.05) is 15.5 Å². The van der Waals surface area contributed by atoms with Gasteiger partial charge in [-0.2, -0.15) is 0 Å². The van der Waals surface area contributed by atoms with Gasteiger partial charge in [-0.3, -0.25) is 4.79 Å². The zero-order valence-electron chi connectivity index (χ0n) is 10.4. The van der Waals surface area contributed by atoms with Crippen molar-refractivity contribution < 1.29 is 4.79 Å². The molecule has 0 bridgehead atoms. The summed E-state index contributed by atoms with van der Waals surface area (Å²) in [6.07, 6.45) is 2.13. The standard InChI is InChI=1S/C15H14BrNOS/c16-12-7-8-13(11-5-2-1-4-10(11)12)17-15(18)14-6-3-9-19-14/h1-2,4-5,7-8,14H,3,6,9H2,(H,17,18). The molecule has 98 valence electrons. The number of fused-ring (bicyclic) bond motifs is 1. The Hall–Kier alpha value is -1.00. The zero-order chi connectivity index (χ0) is 13.2. The lowest BCUT2D eigenvalue weighted by Gasteiger charge is -2.12. The third-order valence-electron chi connectivity index (χ3n) is 3.35. The SMILES string of the molecule is O=C(Nc1ccc(Br)c2ccccc12)C1CCCS1. The van der Waals surface area contributed by atoms with E-state index in [2.05, 4.69) is 27.3 Å². The zero-order valence-corrected chi connectivity index (χ0v) is 12.8. The lowest BCUT2D eigenvalue weighted by Crippen LogP contribution is -2.22. The second-order valence-corrected chi connectivity index (χ2v) is 6.80. The Morgan fingerprint density at radius 3 is 2.74 bits per heavy atom. The largest absolute Gasteiger partial charge is 0.325 e. The number of rotatable bonds is 2. The van der Waals surface area contributed by atoms with Crippen molar-refractivity contribution in [2.75, 3.05) is 11.1 Å². The molecule has 19 heavy (non-hydrogen) atoms. The minimum absolute atomic E-state index is 0.113. The van der Waals surface area contributed by atoms with Gasteiger partial charge in [-0.25, -0.2) is 0 Å². The van der Waals surface area contributed by atoms with E-state index in [1.165, 1.54) is 0 Å². The topological polar surface area (TPSA) is 29.1 Å². The molecule has 1 aliphatic rings. The van der Waals surface area contributed by atoms with Crippen LogP contribution in [-0.2, 0) is 4.79 Å². The van der Waals surface area contributed by atoms with Crippen LogP contribution in [0.2, 0.25) is 0 Å². The Bertz CT molecular complexity index is 623. The van der Waals surface area contributed by atoms with Gasteiger partial charge >= 0.3 is 0 Å². The predicted molar refractivity (Wildman–Crippen MR) is 85.8 cm³/mol. The summed E-state index contributed by atoms with van der Waals surface area (Å²) in [5, 5.41) is 5.39. The van der Waals surface area contributed by atoms with E-state index in [1.54, 1.807) is 11.8 Å². The molecule has 1 aliphatic heterocycles. The summed E-state index contributed by atoms with van der Waals surface area (Å²) in [4.78, 5) is 12.2. The highest BCUT2D eigenvalue weighted by molar-refractivity contribution is 9.10. The number of halogens is 1. The van der Waals surface area contributed by atoms with E-state index in [9.17, 15) is 4.79 Å². The lowest BCUT2D eigenvalue weighted by atomic mass is 10.1. The molecule has 2 nitrogen and oxygen atoms in total. The Morgan fingerprint density at radius 2 is 2.00 bits per heavy atom. The highest BCUT2D eigenvalue weighted by atomic mass is 79.9. The van der Waals surface area contributed by atoms with Gasteiger partial charge in [0.1, 0.15) is 0 Å². The summed E-state index contributed by atoms with van der Waals surface area (Å²) in [6.45, 7) is 0. The van der Waals surface area contributed by atoms with Crippen molar-refractivity contribution in [1.29, 1.82) is 0 Å². The van der Waals surface area contributed by atoms with E-state index < -0.39 is 0 Å². The number of benzene rings is 2. The molecule has 1 amide bonds. The summed E-state index contributed by atoms with van der Waals surface area (Å²) in [6, 6.07) is 12.0. The molecule has 4 heteroatoms. The molecule has 0 saturated carbocycles. The summed E-state index contributed by atoms with van der Waals surface area (Å²) in [7, 11) is 0. The van der Waals surface area contributed by atoms with E-state index >= 15 is 0 Å². The van der Waals surface area contributed by atoms with E-state index in [1.807, 2.05) is 30.3 Å². The highest BCUT2D eigenvalue weighted by Gasteiger charge is 2.23. The fourth-order valence-electron chi connectivity index (χ4n) is 2.37. The van der Waals surface area contributed by atoms with Crippen LogP contribution in [-0.4, -0.2) is 16.9 Å². The molecule has 0 spiro atoms. The fraction of sp³-hybridized carbons (Fsp3) is 0.267. The van der Waals surface area contributed by atoms with Gasteiger partial charge in [0.2, 0.25) is 5.91 Å². The Labute approximate surface area is 125 Å². The molecule has 2 aromatic carbocycles. The lowest BCUT2D eigenvalue weighted by molar-refractivity contribution is -0.115. The van der Waals surface area contributed by atoms with E-state index in [-0.39, 0.29) is 11.2 Å². The van der Waals surface area contributed by atoms with Crippen LogP contribution >= 0.6 is 27.7 Å². The monoisotopic (exact) mass is 335 g/mol. The number of carbonyl (C=O) groups is 1. The molecule has 3 rings (SSSR count). The number of hydrogen-bond acceptors (Lipinski definition) is 2. The first-order chi connectivity index (χ1) is 9.25. The summed E-state index contributed by atoms with van der Waals surface area (Å²) >= 11 is 5.30. The van der Waals surface area contributed by atoms with Gasteiger partial charge in [-0.05, 0) is 36.1 Å². The first-order valence-electron chi connectivity index (χ1n) is 6.35. The van der Waals surface area contributed by atoms with Crippen molar-refractivity contribution in [2.24, 2.45) is 0 Å². The van der Waals surface area contributed by atoms with Crippen LogP contribution in [0.1, 0.15) is 12.8 Å². The maximum atomic E-state index is 12.2. The van der Waals surface area contributed by atoms with Gasteiger partial charge in [0.05, 0.1) is 5.25 Å². The number of nitrogens with one attached hydrogen (secondary N) is 1. The van der Waals surface area contributed by atoms with Gasteiger partial charge in [0.25, 0.3) is 0 Å². The maximum absolute atomic E-state index is 12.2. The molecule has 1 atom stereocenters. The second kappa shape index (κ2) is 5.55. The van der Waals surface area contributed by atoms with Crippen molar-refractivity contribution in [1.82, 2.24) is 0 Å². The van der Waals surface area contributed by atoms with Crippen LogP contribution in [0.25, 0.3) is 10.8 Å². The molecule has 0 aliphatic carbocycles. The van der Waals surface area contributed by atoms with Crippen LogP contribution in [0.5, 0.6) is 0 Å². The Kier molecular flexibility index (Phi) is 3.80. The van der Waals surface area contributed by atoms with Crippen molar-refractivity contribution in [3.8, 4) is 0 Å². The predicted octanol–water partition coefficient (Wildman–Crippen LogP) is 4.44. The van der Waals surface area contributed by atoms with Crippen LogP contribution in [0.15, 0.2) is 40.9 Å². The van der Waals surface area contributed by atoms with Crippen molar-refractivity contribution >= 4 is 50.1 Å². The highest BCUT2D eigenvalue weighted by Crippen LogP contribution is 2.32. The normalized spacial score (nSPS) is 18.7. The van der Waals surface area contributed by atoms with Crippen LogP contribution in [0.3, 0.4) is 0 Å². The molecule has 0 radical (unpaired) electrons. The van der Waals surface area contributed by atoms with Gasteiger partial charge in [0.15, 0.2) is 0 Å². The van der Waals surface area contributed by atoms with Crippen molar-refractivity contribution in [2.45, 2.75) is 18.1 Å². The average molecular weight is 336 g/mol. The maximum Gasteiger partial charge on any atom is 0.237 e. The fourth-order valence-corrected chi connectivity index (χ4v) is 4.01. The van der Waals surface area contributed by atoms with Crippen molar-refractivity contribution in [3.63, 3.8) is 0 Å². The number of amides is 1. The van der Waals surface area contributed by atoms with Crippen LogP contribution in [0.4, 0.5) is 5.69 Å². The molecule has 2 aromatic rings. The number of thioether (sulfide) groups is 1. The average Bonchev–Trinajstić information content (AvgIpc) is 2.96. The minimum Gasteiger partial charge on any atom is -0.325 e. The van der Waals surface area contributed by atoms with Crippen molar-refractivity contribution in [3.05, 3.63) is 40.9 Å². The van der Waals surface area contributed by atoms with Gasteiger partial charge in [-0.15, -0.1) is 11.8 Å². The number of anilines is 1. The van der Waals surface area contributed by atoms with Gasteiger partial charge < -0.3 is 5.32 Å². The van der Waals surface area contributed by atoms with Gasteiger partial charge in [-0.1, -0.05) is 40.2 Å². The third kappa shape index (κ3) is 2.65. The summed E-state index contributed by atoms with van der Waals surface area (Å²) < 4.78 is 1.05. The first kappa shape index (κ1) is 13.0. The Balaban J connectivity index is 1.92. The molecule has 0 aromatic heterocycles. The smallest absolute Gasteiger partial charge is 0.237 e. The van der Waals surface area contributed by atoms with E-state index in [4.69, 9.17) is 0 Å². The molecule has 1 heterocycles. The number of carbonyl (C=O) groups excluding carboxylic acids is 1. The van der Waals surface area contributed by atoms with Crippen LogP contribution < -0.4 is 5.32 Å². The second-order valence-electron chi connectivity index (χ2n) is 4.63.